The van der Waals surface area contributed by atoms with Crippen molar-refractivity contribution in [1.29, 1.82) is 0 Å². The van der Waals surface area contributed by atoms with Crippen molar-refractivity contribution in [2.24, 2.45) is 0 Å². The van der Waals surface area contributed by atoms with Gasteiger partial charge in [-0.3, -0.25) is 4.21 Å². The van der Waals surface area contributed by atoms with Crippen LogP contribution < -0.4 is 0 Å². The molecule has 2 aromatic rings. The standard InChI is InChI=1S/C10H10N2O2S2/c13-16(14)7-6-9-11-12-10(15-9)8-4-2-1-3-5-8/h1-5H,6-7H2,(H,13,14)/p-1. The van der Waals surface area contributed by atoms with Crippen LogP contribution in [-0.4, -0.2) is 24.7 Å². The third-order valence-electron chi connectivity index (χ3n) is 1.97. The molecule has 0 fully saturated rings. The van der Waals surface area contributed by atoms with E-state index in [4.69, 9.17) is 0 Å². The molecule has 1 aromatic carbocycles. The minimum atomic E-state index is -2.01. The van der Waals surface area contributed by atoms with Gasteiger partial charge in [-0.2, -0.15) is 0 Å². The number of benzene rings is 1. The van der Waals surface area contributed by atoms with Crippen molar-refractivity contribution >= 4 is 22.4 Å². The van der Waals surface area contributed by atoms with Crippen LogP contribution in [0.5, 0.6) is 0 Å². The van der Waals surface area contributed by atoms with Crippen molar-refractivity contribution in [3.8, 4) is 10.6 Å². The van der Waals surface area contributed by atoms with Gasteiger partial charge in [0, 0.05) is 17.7 Å². The van der Waals surface area contributed by atoms with Crippen LogP contribution in [0.4, 0.5) is 0 Å². The summed E-state index contributed by atoms with van der Waals surface area (Å²) in [6.07, 6.45) is 0.431. The molecule has 0 bridgehead atoms. The van der Waals surface area contributed by atoms with E-state index in [1.54, 1.807) is 0 Å². The van der Waals surface area contributed by atoms with Gasteiger partial charge in [-0.25, -0.2) is 0 Å². The number of rotatable bonds is 4. The third-order valence-corrected chi connectivity index (χ3v) is 3.54. The number of aryl methyl sites for hydroxylation is 1. The summed E-state index contributed by atoms with van der Waals surface area (Å²) in [7, 11) is 0. The second-order valence-electron chi connectivity index (χ2n) is 3.12. The zero-order valence-corrected chi connectivity index (χ0v) is 9.96. The molecule has 0 aliphatic rings. The predicted octanol–water partition coefficient (Wildman–Crippen LogP) is 1.63. The van der Waals surface area contributed by atoms with Crippen molar-refractivity contribution in [3.63, 3.8) is 0 Å². The van der Waals surface area contributed by atoms with E-state index in [-0.39, 0.29) is 5.75 Å². The van der Waals surface area contributed by atoms with Crippen LogP contribution in [0.1, 0.15) is 5.01 Å². The number of aromatic nitrogens is 2. The van der Waals surface area contributed by atoms with E-state index in [1.165, 1.54) is 11.3 Å². The van der Waals surface area contributed by atoms with E-state index in [0.717, 1.165) is 15.6 Å². The van der Waals surface area contributed by atoms with E-state index in [1.807, 2.05) is 30.3 Å². The molecule has 1 heterocycles. The van der Waals surface area contributed by atoms with Gasteiger partial charge in [-0.05, 0) is 0 Å². The van der Waals surface area contributed by atoms with Gasteiger partial charge in [0.25, 0.3) is 0 Å². The normalized spacial score (nSPS) is 12.6. The van der Waals surface area contributed by atoms with Crippen LogP contribution in [0.15, 0.2) is 30.3 Å². The van der Waals surface area contributed by atoms with Crippen LogP contribution in [-0.2, 0) is 17.5 Å². The van der Waals surface area contributed by atoms with Gasteiger partial charge < -0.3 is 4.55 Å². The van der Waals surface area contributed by atoms with Gasteiger partial charge in [0.2, 0.25) is 0 Å². The molecule has 6 heteroatoms. The summed E-state index contributed by atoms with van der Waals surface area (Å²) in [5.41, 5.74) is 1.01. The fraction of sp³-hybridized carbons (Fsp3) is 0.200. The molecule has 0 N–H and O–H groups in total. The zero-order chi connectivity index (χ0) is 11.4. The molecule has 4 nitrogen and oxygen atoms in total. The first kappa shape index (κ1) is 11.4. The molecule has 0 aliphatic carbocycles. The maximum atomic E-state index is 10.4. The second-order valence-corrected chi connectivity index (χ2v) is 5.20. The zero-order valence-electron chi connectivity index (χ0n) is 8.33. The molecule has 0 amide bonds. The Hall–Kier alpha value is -1.11. The molecule has 16 heavy (non-hydrogen) atoms. The summed E-state index contributed by atoms with van der Waals surface area (Å²) >= 11 is -0.580. The van der Waals surface area contributed by atoms with E-state index in [2.05, 4.69) is 10.2 Å². The van der Waals surface area contributed by atoms with Gasteiger partial charge >= 0.3 is 0 Å². The lowest BCUT2D eigenvalue weighted by atomic mass is 10.2. The van der Waals surface area contributed by atoms with Crippen LogP contribution in [0.25, 0.3) is 10.6 Å². The summed E-state index contributed by atoms with van der Waals surface area (Å²) in [6.45, 7) is 0. The lowest BCUT2D eigenvalue weighted by Gasteiger charge is -2.00. The predicted molar refractivity (Wildman–Crippen MR) is 62.8 cm³/mol. The highest BCUT2D eigenvalue weighted by Gasteiger charge is 2.05. The minimum Gasteiger partial charge on any atom is -0.772 e. The number of hydrogen-bond donors (Lipinski definition) is 0. The summed E-state index contributed by atoms with van der Waals surface area (Å²) < 4.78 is 20.8. The molecule has 2 rings (SSSR count). The second kappa shape index (κ2) is 5.29. The molecular formula is C10H9N2O2S2-. The molecule has 0 spiro atoms. The molecule has 1 unspecified atom stereocenters. The van der Waals surface area contributed by atoms with E-state index in [0.29, 0.717) is 6.42 Å². The lowest BCUT2D eigenvalue weighted by Crippen LogP contribution is -1.98. The monoisotopic (exact) mass is 253 g/mol. The Labute approximate surface area is 99.6 Å². The van der Waals surface area contributed by atoms with Gasteiger partial charge in [-0.15, -0.1) is 10.2 Å². The highest BCUT2D eigenvalue weighted by molar-refractivity contribution is 7.79. The topological polar surface area (TPSA) is 65.9 Å². The molecule has 0 aliphatic heterocycles. The van der Waals surface area contributed by atoms with Crippen molar-refractivity contribution in [3.05, 3.63) is 35.3 Å². The summed E-state index contributed by atoms with van der Waals surface area (Å²) in [5.74, 6) is 0.101. The Balaban J connectivity index is 2.11. The van der Waals surface area contributed by atoms with Gasteiger partial charge in [0.05, 0.1) is 0 Å². The van der Waals surface area contributed by atoms with Gasteiger partial charge in [0.15, 0.2) is 0 Å². The van der Waals surface area contributed by atoms with E-state index >= 15 is 0 Å². The summed E-state index contributed by atoms with van der Waals surface area (Å²) in [4.78, 5) is 0. The average Bonchev–Trinajstić information content (AvgIpc) is 2.76. The Morgan fingerprint density at radius 3 is 2.69 bits per heavy atom. The minimum absolute atomic E-state index is 0.101. The van der Waals surface area contributed by atoms with Crippen LogP contribution in [0, 0.1) is 0 Å². The largest absolute Gasteiger partial charge is 0.772 e. The number of nitrogens with zero attached hydrogens (tertiary/aromatic N) is 2. The van der Waals surface area contributed by atoms with Crippen molar-refractivity contribution < 1.29 is 8.76 Å². The van der Waals surface area contributed by atoms with E-state index < -0.39 is 11.1 Å². The average molecular weight is 253 g/mol. The molecule has 0 saturated heterocycles. The Morgan fingerprint density at radius 1 is 1.25 bits per heavy atom. The maximum absolute atomic E-state index is 10.4. The molecule has 1 aromatic heterocycles. The fourth-order valence-electron chi connectivity index (χ4n) is 1.22. The van der Waals surface area contributed by atoms with Gasteiger partial charge in [0.1, 0.15) is 10.0 Å². The molecule has 1 atom stereocenters. The quantitative estimate of drug-likeness (QED) is 0.777. The van der Waals surface area contributed by atoms with Crippen LogP contribution in [0.2, 0.25) is 0 Å². The van der Waals surface area contributed by atoms with Crippen molar-refractivity contribution in [2.75, 3.05) is 5.75 Å². The maximum Gasteiger partial charge on any atom is 0.147 e. The fourth-order valence-corrected chi connectivity index (χ4v) is 2.56. The SMILES string of the molecule is O=S([O-])CCc1nnc(-c2ccccc2)s1. The van der Waals surface area contributed by atoms with E-state index in [9.17, 15) is 8.76 Å². The molecule has 84 valence electrons. The first-order valence-electron chi connectivity index (χ1n) is 4.69. The lowest BCUT2D eigenvalue weighted by molar-refractivity contribution is 0.536. The first-order valence-corrected chi connectivity index (χ1v) is 6.75. The Morgan fingerprint density at radius 2 is 2.00 bits per heavy atom. The van der Waals surface area contributed by atoms with Gasteiger partial charge in [-0.1, -0.05) is 52.7 Å². The van der Waals surface area contributed by atoms with Crippen molar-refractivity contribution in [1.82, 2.24) is 10.2 Å². The molecular weight excluding hydrogens is 244 g/mol. The first-order chi connectivity index (χ1) is 7.75. The molecule has 0 saturated carbocycles. The van der Waals surface area contributed by atoms with Crippen LogP contribution >= 0.6 is 11.3 Å². The van der Waals surface area contributed by atoms with Crippen molar-refractivity contribution in [2.45, 2.75) is 6.42 Å². The summed E-state index contributed by atoms with van der Waals surface area (Å²) in [6, 6.07) is 9.71. The summed E-state index contributed by atoms with van der Waals surface area (Å²) in [5, 5.41) is 9.57. The highest BCUT2D eigenvalue weighted by Crippen LogP contribution is 2.23. The Kier molecular flexibility index (Phi) is 3.76. The smallest absolute Gasteiger partial charge is 0.147 e. The molecule has 0 radical (unpaired) electrons. The van der Waals surface area contributed by atoms with Crippen LogP contribution in [0.3, 0.4) is 0 Å². The Bertz CT molecular complexity index is 485. The highest BCUT2D eigenvalue weighted by atomic mass is 32.2. The number of hydrogen-bond acceptors (Lipinski definition) is 5. The third kappa shape index (κ3) is 2.94.